The number of hydrogen-bond acceptors (Lipinski definition) is 2. The van der Waals surface area contributed by atoms with Crippen LogP contribution in [-0.2, 0) is 4.79 Å². The van der Waals surface area contributed by atoms with Gasteiger partial charge in [0.05, 0.1) is 0 Å². The summed E-state index contributed by atoms with van der Waals surface area (Å²) >= 11 is 0. The molecule has 0 aromatic rings. The Morgan fingerprint density at radius 2 is 2.33 bits per heavy atom. The van der Waals surface area contributed by atoms with Crippen LogP contribution in [0.2, 0.25) is 0 Å². The molecular weight excluding hydrogens is 133 g/mol. The highest BCUT2D eigenvalue weighted by Crippen LogP contribution is 1.99. The highest BCUT2D eigenvalue weighted by atomic mass is 31.0. The van der Waals surface area contributed by atoms with Crippen molar-refractivity contribution < 1.29 is 4.79 Å². The van der Waals surface area contributed by atoms with Gasteiger partial charge in [0.15, 0.2) is 0 Å². The fourth-order valence-corrected chi connectivity index (χ4v) is 1.02. The van der Waals surface area contributed by atoms with E-state index in [-0.39, 0.29) is 5.78 Å². The van der Waals surface area contributed by atoms with Crippen LogP contribution < -0.4 is 5.09 Å². The SMILES string of the molecule is CC[C@H](CC(C)=O)NP. The minimum absolute atomic E-state index is 0.247. The lowest BCUT2D eigenvalue weighted by atomic mass is 10.1. The lowest BCUT2D eigenvalue weighted by Crippen LogP contribution is -2.21. The minimum atomic E-state index is 0.247. The van der Waals surface area contributed by atoms with Gasteiger partial charge in [-0.15, -0.1) is 0 Å². The topological polar surface area (TPSA) is 29.1 Å². The number of nitrogens with one attached hydrogen (secondary N) is 1. The third-order valence-corrected chi connectivity index (χ3v) is 1.73. The quantitative estimate of drug-likeness (QED) is 0.604. The van der Waals surface area contributed by atoms with Crippen molar-refractivity contribution in [3.63, 3.8) is 0 Å². The van der Waals surface area contributed by atoms with Crippen LogP contribution in [0.1, 0.15) is 26.7 Å². The van der Waals surface area contributed by atoms with Crippen molar-refractivity contribution in [3.05, 3.63) is 0 Å². The molecule has 0 aromatic carbocycles. The molecule has 0 saturated heterocycles. The van der Waals surface area contributed by atoms with Crippen LogP contribution >= 0.6 is 9.39 Å². The van der Waals surface area contributed by atoms with E-state index in [4.69, 9.17) is 0 Å². The summed E-state index contributed by atoms with van der Waals surface area (Å²) in [4.78, 5) is 10.5. The van der Waals surface area contributed by atoms with E-state index in [1.165, 1.54) is 0 Å². The highest BCUT2D eigenvalue weighted by molar-refractivity contribution is 7.13. The average molecular weight is 147 g/mol. The fraction of sp³-hybridized carbons (Fsp3) is 0.833. The monoisotopic (exact) mass is 147 g/mol. The normalized spacial score (nSPS) is 13.2. The number of Topliss-reactive ketones (excluding diaryl/α,β-unsaturated/α-hetero) is 1. The van der Waals surface area contributed by atoms with Gasteiger partial charge < -0.3 is 0 Å². The predicted molar refractivity (Wildman–Crippen MR) is 42.2 cm³/mol. The summed E-state index contributed by atoms with van der Waals surface area (Å²) in [6, 6.07) is 0.340. The van der Waals surface area contributed by atoms with Gasteiger partial charge in [-0.3, -0.25) is 9.88 Å². The molecule has 0 aliphatic carbocycles. The van der Waals surface area contributed by atoms with E-state index in [2.05, 4.69) is 21.4 Å². The van der Waals surface area contributed by atoms with E-state index < -0.39 is 0 Å². The van der Waals surface area contributed by atoms with Gasteiger partial charge in [0.25, 0.3) is 0 Å². The molecule has 0 rings (SSSR count). The molecule has 1 unspecified atom stereocenters. The number of carbonyl (C=O) groups excluding carboxylic acids is 1. The predicted octanol–water partition coefficient (Wildman–Crippen LogP) is 1.12. The van der Waals surface area contributed by atoms with E-state index in [1.54, 1.807) is 6.92 Å². The molecule has 0 aliphatic heterocycles. The van der Waals surface area contributed by atoms with Crippen LogP contribution in [0.25, 0.3) is 0 Å². The molecule has 2 nitrogen and oxygen atoms in total. The van der Waals surface area contributed by atoms with Gasteiger partial charge in [0.1, 0.15) is 5.78 Å². The molecular formula is C6H14NOP. The van der Waals surface area contributed by atoms with Gasteiger partial charge in [0.2, 0.25) is 0 Å². The zero-order chi connectivity index (χ0) is 7.28. The lowest BCUT2D eigenvalue weighted by Gasteiger charge is -2.09. The van der Waals surface area contributed by atoms with Crippen molar-refractivity contribution in [3.8, 4) is 0 Å². The smallest absolute Gasteiger partial charge is 0.131 e. The van der Waals surface area contributed by atoms with Gasteiger partial charge in [-0.25, -0.2) is 0 Å². The van der Waals surface area contributed by atoms with Gasteiger partial charge in [0, 0.05) is 12.5 Å². The first-order valence-corrected chi connectivity index (χ1v) is 3.74. The summed E-state index contributed by atoms with van der Waals surface area (Å²) in [6.07, 6.45) is 1.64. The summed E-state index contributed by atoms with van der Waals surface area (Å²) in [7, 11) is 2.43. The summed E-state index contributed by atoms with van der Waals surface area (Å²) in [6.45, 7) is 3.68. The summed E-state index contributed by atoms with van der Waals surface area (Å²) in [5.41, 5.74) is 0. The molecule has 1 N–H and O–H groups in total. The Kier molecular flexibility index (Phi) is 4.93. The van der Waals surface area contributed by atoms with Crippen LogP contribution in [0.15, 0.2) is 0 Å². The lowest BCUT2D eigenvalue weighted by molar-refractivity contribution is -0.117. The Balaban J connectivity index is 3.43. The van der Waals surface area contributed by atoms with Crippen LogP contribution in [-0.4, -0.2) is 11.8 Å². The third-order valence-electron chi connectivity index (χ3n) is 1.26. The molecule has 0 radical (unpaired) electrons. The summed E-state index contributed by atoms with van der Waals surface area (Å²) < 4.78 is 0. The first kappa shape index (κ1) is 9.06. The standard InChI is InChI=1S/C6H14NOP/c1-3-6(7-9)4-5(2)8/h6-7H,3-4,9H2,1-2H3/t6-/m1/s1. The fourth-order valence-electron chi connectivity index (χ4n) is 0.668. The molecule has 0 fully saturated rings. The Morgan fingerprint density at radius 3 is 2.44 bits per heavy atom. The zero-order valence-corrected chi connectivity index (χ0v) is 7.13. The molecule has 0 saturated carbocycles. The highest BCUT2D eigenvalue weighted by Gasteiger charge is 2.04. The average Bonchev–Trinajstić information content (AvgIpc) is 1.82. The third kappa shape index (κ3) is 4.56. The molecule has 0 bridgehead atoms. The van der Waals surface area contributed by atoms with Gasteiger partial charge in [-0.05, 0) is 13.3 Å². The van der Waals surface area contributed by atoms with Gasteiger partial charge in [-0.1, -0.05) is 16.3 Å². The number of hydrogen-bond donors (Lipinski definition) is 1. The van der Waals surface area contributed by atoms with Crippen molar-refractivity contribution in [2.24, 2.45) is 0 Å². The second-order valence-corrected chi connectivity index (χ2v) is 2.51. The maximum atomic E-state index is 10.5. The molecule has 54 valence electrons. The molecule has 3 heteroatoms. The molecule has 0 amide bonds. The van der Waals surface area contributed by atoms with E-state index in [0.29, 0.717) is 12.5 Å². The first-order chi connectivity index (χ1) is 4.20. The second kappa shape index (κ2) is 4.89. The van der Waals surface area contributed by atoms with Crippen LogP contribution in [0, 0.1) is 0 Å². The van der Waals surface area contributed by atoms with E-state index in [9.17, 15) is 4.79 Å². The van der Waals surface area contributed by atoms with Crippen molar-refractivity contribution >= 4 is 15.2 Å². The maximum Gasteiger partial charge on any atom is 0.131 e. The van der Waals surface area contributed by atoms with E-state index >= 15 is 0 Å². The van der Waals surface area contributed by atoms with Gasteiger partial charge >= 0.3 is 0 Å². The largest absolute Gasteiger partial charge is 0.300 e. The van der Waals surface area contributed by atoms with E-state index in [1.807, 2.05) is 0 Å². The van der Waals surface area contributed by atoms with Crippen LogP contribution in [0.4, 0.5) is 0 Å². The molecule has 2 atom stereocenters. The molecule has 0 aliphatic rings. The Hall–Kier alpha value is 0.0600. The second-order valence-electron chi connectivity index (χ2n) is 2.18. The van der Waals surface area contributed by atoms with Crippen LogP contribution in [0.3, 0.4) is 0 Å². The van der Waals surface area contributed by atoms with E-state index in [0.717, 1.165) is 6.42 Å². The summed E-state index contributed by atoms with van der Waals surface area (Å²) in [5.74, 6) is 0.247. The van der Waals surface area contributed by atoms with Crippen molar-refractivity contribution in [2.45, 2.75) is 32.7 Å². The zero-order valence-electron chi connectivity index (χ0n) is 5.98. The molecule has 0 heterocycles. The Morgan fingerprint density at radius 1 is 1.78 bits per heavy atom. The van der Waals surface area contributed by atoms with Crippen molar-refractivity contribution in [1.82, 2.24) is 5.09 Å². The Labute approximate surface area is 58.7 Å². The molecule has 0 spiro atoms. The maximum absolute atomic E-state index is 10.5. The molecule has 0 aromatic heterocycles. The summed E-state index contributed by atoms with van der Waals surface area (Å²) in [5, 5.41) is 2.98. The van der Waals surface area contributed by atoms with Crippen molar-refractivity contribution in [1.29, 1.82) is 0 Å². The Bertz CT molecular complexity index is 91.1. The number of carbonyl (C=O) groups is 1. The number of ketones is 1. The van der Waals surface area contributed by atoms with Gasteiger partial charge in [-0.2, -0.15) is 0 Å². The van der Waals surface area contributed by atoms with Crippen molar-refractivity contribution in [2.75, 3.05) is 0 Å². The first-order valence-electron chi connectivity index (χ1n) is 3.16. The minimum Gasteiger partial charge on any atom is -0.300 e. The number of rotatable bonds is 4. The van der Waals surface area contributed by atoms with Crippen LogP contribution in [0.5, 0.6) is 0 Å². The molecule has 9 heavy (non-hydrogen) atoms.